The topological polar surface area (TPSA) is 41.3 Å². The van der Waals surface area contributed by atoms with E-state index in [0.29, 0.717) is 5.41 Å². The van der Waals surface area contributed by atoms with Crippen LogP contribution < -0.4 is 11.1 Å². The molecule has 1 aliphatic heterocycles. The second-order valence-electron chi connectivity index (χ2n) is 5.16. The van der Waals surface area contributed by atoms with Crippen molar-refractivity contribution in [1.82, 2.24) is 10.2 Å². The summed E-state index contributed by atoms with van der Waals surface area (Å²) >= 11 is 0. The average molecular weight is 197 g/mol. The van der Waals surface area contributed by atoms with E-state index < -0.39 is 0 Å². The highest BCUT2D eigenvalue weighted by atomic mass is 15.1. The fourth-order valence-electron chi connectivity index (χ4n) is 2.20. The van der Waals surface area contributed by atoms with E-state index in [4.69, 9.17) is 5.73 Å². The van der Waals surface area contributed by atoms with Crippen molar-refractivity contribution in [3.05, 3.63) is 0 Å². The Labute approximate surface area is 87.0 Å². The first-order valence-electron chi connectivity index (χ1n) is 5.86. The van der Waals surface area contributed by atoms with Gasteiger partial charge >= 0.3 is 0 Å². The number of nitrogens with one attached hydrogen (secondary N) is 1. The van der Waals surface area contributed by atoms with Crippen LogP contribution in [0.2, 0.25) is 0 Å². The molecule has 82 valence electrons. The molecule has 0 atom stereocenters. The van der Waals surface area contributed by atoms with Gasteiger partial charge in [0, 0.05) is 12.6 Å². The third-order valence-electron chi connectivity index (χ3n) is 3.87. The fourth-order valence-corrected chi connectivity index (χ4v) is 2.20. The van der Waals surface area contributed by atoms with Crippen LogP contribution in [0, 0.1) is 5.41 Å². The van der Waals surface area contributed by atoms with E-state index in [9.17, 15) is 0 Å². The Morgan fingerprint density at radius 3 is 2.50 bits per heavy atom. The van der Waals surface area contributed by atoms with Crippen LogP contribution >= 0.6 is 0 Å². The molecule has 1 heterocycles. The van der Waals surface area contributed by atoms with Gasteiger partial charge < -0.3 is 16.0 Å². The van der Waals surface area contributed by atoms with Crippen LogP contribution in [0.4, 0.5) is 0 Å². The highest BCUT2D eigenvalue weighted by molar-refractivity contribution is 4.96. The molecule has 0 aromatic carbocycles. The van der Waals surface area contributed by atoms with E-state index in [1.165, 1.54) is 38.8 Å². The number of hydrogen-bond acceptors (Lipinski definition) is 3. The van der Waals surface area contributed by atoms with Gasteiger partial charge in [-0.15, -0.1) is 0 Å². The highest BCUT2D eigenvalue weighted by Crippen LogP contribution is 2.43. The van der Waals surface area contributed by atoms with Gasteiger partial charge in [0.15, 0.2) is 0 Å². The summed E-state index contributed by atoms with van der Waals surface area (Å²) in [7, 11) is 2.21. The van der Waals surface area contributed by atoms with Crippen molar-refractivity contribution in [3.63, 3.8) is 0 Å². The zero-order valence-electron chi connectivity index (χ0n) is 9.26. The molecule has 0 amide bonds. The van der Waals surface area contributed by atoms with Crippen LogP contribution in [0.1, 0.15) is 25.7 Å². The molecule has 2 rings (SSSR count). The van der Waals surface area contributed by atoms with E-state index in [0.717, 1.165) is 19.1 Å². The maximum absolute atomic E-state index is 5.76. The minimum Gasteiger partial charge on any atom is -0.330 e. The van der Waals surface area contributed by atoms with Gasteiger partial charge in [0.25, 0.3) is 0 Å². The molecule has 1 saturated heterocycles. The van der Waals surface area contributed by atoms with Crippen molar-refractivity contribution in [2.75, 3.05) is 33.2 Å². The van der Waals surface area contributed by atoms with Gasteiger partial charge in [0.05, 0.1) is 0 Å². The molecule has 0 bridgehead atoms. The molecule has 3 heteroatoms. The number of hydrogen-bond donors (Lipinski definition) is 2. The average Bonchev–Trinajstić information content (AvgIpc) is 2.98. The molecule has 0 spiro atoms. The summed E-state index contributed by atoms with van der Waals surface area (Å²) in [5.41, 5.74) is 6.25. The molecule has 0 aromatic heterocycles. The SMILES string of the molecule is CN1CCC(NCC2(CN)CC2)CC1. The van der Waals surface area contributed by atoms with Crippen molar-refractivity contribution in [1.29, 1.82) is 0 Å². The van der Waals surface area contributed by atoms with Gasteiger partial charge in [0.1, 0.15) is 0 Å². The van der Waals surface area contributed by atoms with Crippen molar-refractivity contribution in [2.45, 2.75) is 31.7 Å². The Balaban J connectivity index is 1.66. The number of nitrogens with two attached hydrogens (primary N) is 1. The van der Waals surface area contributed by atoms with E-state index in [1.54, 1.807) is 0 Å². The van der Waals surface area contributed by atoms with E-state index in [1.807, 2.05) is 0 Å². The Kier molecular flexibility index (Phi) is 3.10. The summed E-state index contributed by atoms with van der Waals surface area (Å²) < 4.78 is 0. The monoisotopic (exact) mass is 197 g/mol. The van der Waals surface area contributed by atoms with E-state index in [2.05, 4.69) is 17.3 Å². The number of likely N-dealkylation sites (tertiary alicyclic amines) is 1. The predicted molar refractivity (Wildman–Crippen MR) is 59.2 cm³/mol. The smallest absolute Gasteiger partial charge is 0.00916 e. The Bertz CT molecular complexity index is 181. The summed E-state index contributed by atoms with van der Waals surface area (Å²) in [5, 5.41) is 3.69. The lowest BCUT2D eigenvalue weighted by Crippen LogP contribution is -2.43. The molecule has 2 fully saturated rings. The van der Waals surface area contributed by atoms with Gasteiger partial charge in [-0.05, 0) is 57.8 Å². The Morgan fingerprint density at radius 1 is 1.36 bits per heavy atom. The van der Waals surface area contributed by atoms with Crippen LogP contribution in [0.3, 0.4) is 0 Å². The summed E-state index contributed by atoms with van der Waals surface area (Å²) in [6.45, 7) is 4.51. The highest BCUT2D eigenvalue weighted by Gasteiger charge is 2.41. The quantitative estimate of drug-likeness (QED) is 0.686. The summed E-state index contributed by atoms with van der Waals surface area (Å²) in [6, 6.07) is 0.746. The Hall–Kier alpha value is -0.120. The standard InChI is InChI=1S/C11H23N3/c1-14-6-2-10(3-7-14)13-9-11(8-12)4-5-11/h10,13H,2-9,12H2,1H3. The second kappa shape index (κ2) is 4.17. The molecule has 1 saturated carbocycles. The molecule has 14 heavy (non-hydrogen) atoms. The normalized spacial score (nSPS) is 27.9. The zero-order chi connectivity index (χ0) is 10.0. The van der Waals surface area contributed by atoms with Gasteiger partial charge in [0.2, 0.25) is 0 Å². The molecule has 3 N–H and O–H groups in total. The maximum Gasteiger partial charge on any atom is 0.00916 e. The first-order chi connectivity index (χ1) is 6.74. The Morgan fingerprint density at radius 2 is 2.00 bits per heavy atom. The maximum atomic E-state index is 5.76. The van der Waals surface area contributed by atoms with Gasteiger partial charge in [-0.1, -0.05) is 0 Å². The first kappa shape index (κ1) is 10.4. The lowest BCUT2D eigenvalue weighted by molar-refractivity contribution is 0.228. The number of piperidine rings is 1. The van der Waals surface area contributed by atoms with E-state index in [-0.39, 0.29) is 0 Å². The summed E-state index contributed by atoms with van der Waals surface area (Å²) in [6.07, 6.45) is 5.28. The molecule has 0 unspecified atom stereocenters. The molecule has 3 nitrogen and oxygen atoms in total. The van der Waals surface area contributed by atoms with Gasteiger partial charge in [-0.2, -0.15) is 0 Å². The van der Waals surface area contributed by atoms with Gasteiger partial charge in [-0.25, -0.2) is 0 Å². The largest absolute Gasteiger partial charge is 0.330 e. The number of nitrogens with zero attached hydrogens (tertiary/aromatic N) is 1. The lowest BCUT2D eigenvalue weighted by Gasteiger charge is -2.30. The molecular weight excluding hydrogens is 174 g/mol. The third kappa shape index (κ3) is 2.47. The molecule has 1 aliphatic carbocycles. The zero-order valence-corrected chi connectivity index (χ0v) is 9.26. The predicted octanol–water partition coefficient (Wildman–Crippen LogP) is 0.409. The number of rotatable bonds is 4. The van der Waals surface area contributed by atoms with Crippen molar-refractivity contribution >= 4 is 0 Å². The van der Waals surface area contributed by atoms with Crippen molar-refractivity contribution in [3.8, 4) is 0 Å². The van der Waals surface area contributed by atoms with Crippen LogP contribution in [0.25, 0.3) is 0 Å². The fraction of sp³-hybridized carbons (Fsp3) is 1.00. The summed E-state index contributed by atoms with van der Waals surface area (Å²) in [5.74, 6) is 0. The minimum absolute atomic E-state index is 0.489. The van der Waals surface area contributed by atoms with Crippen LogP contribution in [-0.4, -0.2) is 44.2 Å². The second-order valence-corrected chi connectivity index (χ2v) is 5.16. The molecule has 0 radical (unpaired) electrons. The van der Waals surface area contributed by atoms with Crippen molar-refractivity contribution < 1.29 is 0 Å². The van der Waals surface area contributed by atoms with Crippen LogP contribution in [-0.2, 0) is 0 Å². The van der Waals surface area contributed by atoms with Crippen molar-refractivity contribution in [2.24, 2.45) is 11.1 Å². The molecule has 0 aromatic rings. The third-order valence-corrected chi connectivity index (χ3v) is 3.87. The molecule has 2 aliphatic rings. The van der Waals surface area contributed by atoms with Crippen LogP contribution in [0.15, 0.2) is 0 Å². The van der Waals surface area contributed by atoms with E-state index >= 15 is 0 Å². The van der Waals surface area contributed by atoms with Gasteiger partial charge in [-0.3, -0.25) is 0 Å². The van der Waals surface area contributed by atoms with Crippen LogP contribution in [0.5, 0.6) is 0 Å². The lowest BCUT2D eigenvalue weighted by atomic mass is 10.0. The first-order valence-corrected chi connectivity index (χ1v) is 5.86. The summed E-state index contributed by atoms with van der Waals surface area (Å²) in [4.78, 5) is 2.41. The minimum atomic E-state index is 0.489. The molecular formula is C11H23N3.